The van der Waals surface area contributed by atoms with Gasteiger partial charge in [0.1, 0.15) is 23.6 Å². The molecule has 206 valence electrons. The molecule has 6 rings (SSSR count). The smallest absolute Gasteiger partial charge is 0.138 e. The van der Waals surface area contributed by atoms with E-state index in [0.29, 0.717) is 11.8 Å². The number of aromatic nitrogens is 4. The van der Waals surface area contributed by atoms with E-state index in [2.05, 4.69) is 94.6 Å². The molecule has 2 aliphatic rings. The van der Waals surface area contributed by atoms with Crippen molar-refractivity contribution in [3.05, 3.63) is 77.9 Å². The molecule has 2 unspecified atom stereocenters. The number of nitrogens with zero attached hydrogens (tertiary/aromatic N) is 5. The first-order valence-corrected chi connectivity index (χ1v) is 14.7. The van der Waals surface area contributed by atoms with E-state index in [-0.39, 0.29) is 6.04 Å². The van der Waals surface area contributed by atoms with Gasteiger partial charge in [-0.05, 0) is 79.8 Å². The van der Waals surface area contributed by atoms with Crippen molar-refractivity contribution in [3.8, 4) is 0 Å². The second kappa shape index (κ2) is 11.6. The molecule has 0 saturated carbocycles. The molecule has 5 heterocycles. The first-order chi connectivity index (χ1) is 19.6. The molecule has 2 atom stereocenters. The Morgan fingerprint density at radius 1 is 1.05 bits per heavy atom. The van der Waals surface area contributed by atoms with E-state index in [9.17, 15) is 0 Å². The van der Waals surface area contributed by atoms with Crippen LogP contribution in [0.4, 0.5) is 17.3 Å². The van der Waals surface area contributed by atoms with Crippen LogP contribution in [0.1, 0.15) is 55.7 Å². The molecule has 0 aliphatic carbocycles. The third-order valence-electron chi connectivity index (χ3n) is 8.71. The second-order valence-corrected chi connectivity index (χ2v) is 11.3. The average molecular weight is 534 g/mol. The van der Waals surface area contributed by atoms with Gasteiger partial charge < -0.3 is 15.2 Å². The van der Waals surface area contributed by atoms with Gasteiger partial charge in [0.15, 0.2) is 0 Å². The molecule has 4 aromatic rings. The summed E-state index contributed by atoms with van der Waals surface area (Å²) >= 11 is 0. The summed E-state index contributed by atoms with van der Waals surface area (Å²) < 4.78 is 0. The van der Waals surface area contributed by atoms with Crippen LogP contribution in [0.15, 0.2) is 66.2 Å². The Labute approximate surface area is 236 Å². The molecule has 0 spiro atoms. The number of aliphatic imine (C=N–C) groups is 1. The van der Waals surface area contributed by atoms with Gasteiger partial charge in [-0.3, -0.25) is 4.99 Å². The summed E-state index contributed by atoms with van der Waals surface area (Å²) in [7, 11) is 0. The maximum Gasteiger partial charge on any atom is 0.138 e. The number of H-pyrrole nitrogens is 1. The van der Waals surface area contributed by atoms with Crippen LogP contribution in [0.2, 0.25) is 0 Å². The highest BCUT2D eigenvalue weighted by atomic mass is 15.2. The fourth-order valence-corrected chi connectivity index (χ4v) is 6.51. The van der Waals surface area contributed by atoms with Gasteiger partial charge in [0.2, 0.25) is 0 Å². The molecule has 0 bridgehead atoms. The monoisotopic (exact) mass is 533 g/mol. The largest absolute Gasteiger partial charge is 0.356 e. The van der Waals surface area contributed by atoms with Gasteiger partial charge in [0.05, 0.1) is 6.04 Å². The zero-order valence-corrected chi connectivity index (χ0v) is 23.8. The molecule has 3 aromatic heterocycles. The van der Waals surface area contributed by atoms with Crippen molar-refractivity contribution >= 4 is 40.1 Å². The number of aromatic amines is 1. The number of hydrogen-bond acceptors (Lipinski definition) is 6. The zero-order chi connectivity index (χ0) is 27.5. The highest BCUT2D eigenvalue weighted by molar-refractivity contribution is 6.15. The molecule has 7 nitrogen and oxygen atoms in total. The molecule has 0 radical (unpaired) electrons. The van der Waals surface area contributed by atoms with Crippen LogP contribution < -0.4 is 10.2 Å². The summed E-state index contributed by atoms with van der Waals surface area (Å²) in [5.41, 5.74) is 6.77. The van der Waals surface area contributed by atoms with E-state index in [0.717, 1.165) is 53.4 Å². The lowest BCUT2D eigenvalue weighted by molar-refractivity contribution is 0.239. The van der Waals surface area contributed by atoms with E-state index in [1.54, 1.807) is 6.33 Å². The van der Waals surface area contributed by atoms with Crippen molar-refractivity contribution in [3.63, 3.8) is 0 Å². The van der Waals surface area contributed by atoms with Crippen molar-refractivity contribution < 1.29 is 0 Å². The van der Waals surface area contributed by atoms with Crippen molar-refractivity contribution in [1.82, 2.24) is 19.9 Å². The normalized spacial score (nSPS) is 18.3. The van der Waals surface area contributed by atoms with Crippen molar-refractivity contribution in [2.45, 2.75) is 58.9 Å². The van der Waals surface area contributed by atoms with Crippen LogP contribution >= 0.6 is 0 Å². The number of aryl methyl sites for hydroxylation is 1. The van der Waals surface area contributed by atoms with Gasteiger partial charge in [-0.15, -0.1) is 0 Å². The Bertz CT molecular complexity index is 1530. The van der Waals surface area contributed by atoms with Gasteiger partial charge in [0.25, 0.3) is 0 Å². The molecular formula is C33H39N7. The quantitative estimate of drug-likeness (QED) is 0.236. The van der Waals surface area contributed by atoms with Crippen LogP contribution in [0, 0.1) is 25.7 Å². The van der Waals surface area contributed by atoms with Gasteiger partial charge in [-0.2, -0.15) is 0 Å². The third-order valence-corrected chi connectivity index (χ3v) is 8.71. The Hall–Kier alpha value is -4.00. The second-order valence-electron chi connectivity index (χ2n) is 11.3. The molecule has 0 amide bonds. The standard InChI is InChI=1S/C33H39N7/c1-4-7-25(18-27-19-26(20-36-27)28-10-14-34-32-29(28)11-15-35-32)24-12-16-40(17-13-24)33-23(3)31(37-21-38-33)39-30-9-6-5-8-22(30)2/h5-6,8-11,14-15,19-21,24-25,27H,4,7,12-13,16-18H2,1-3H3,(H,34,35)(H,37,38,39). The fraction of sp³-hybridized carbons (Fsp3) is 0.394. The minimum atomic E-state index is 0.255. The number of rotatable bonds is 9. The van der Waals surface area contributed by atoms with Crippen molar-refractivity contribution in [2.24, 2.45) is 16.8 Å². The number of fused-ring (bicyclic) bond motifs is 1. The highest BCUT2D eigenvalue weighted by Crippen LogP contribution is 2.36. The van der Waals surface area contributed by atoms with E-state index in [1.807, 2.05) is 12.4 Å². The summed E-state index contributed by atoms with van der Waals surface area (Å²) in [6.45, 7) is 8.63. The third kappa shape index (κ3) is 5.37. The average Bonchev–Trinajstić information content (AvgIpc) is 3.65. The predicted molar refractivity (Wildman–Crippen MR) is 166 cm³/mol. The van der Waals surface area contributed by atoms with Crippen LogP contribution in [-0.2, 0) is 0 Å². The number of para-hydroxylation sites is 1. The summed E-state index contributed by atoms with van der Waals surface area (Å²) in [5.74, 6) is 3.34. The fourth-order valence-electron chi connectivity index (χ4n) is 6.51. The molecule has 2 N–H and O–H groups in total. The number of hydrogen-bond donors (Lipinski definition) is 2. The number of nitrogens with one attached hydrogen (secondary N) is 2. The summed E-state index contributed by atoms with van der Waals surface area (Å²) in [6, 6.07) is 12.8. The molecule has 2 aliphatic heterocycles. The van der Waals surface area contributed by atoms with E-state index in [4.69, 9.17) is 9.98 Å². The minimum absolute atomic E-state index is 0.255. The zero-order valence-electron chi connectivity index (χ0n) is 23.8. The lowest BCUT2D eigenvalue weighted by atomic mass is 9.78. The number of pyridine rings is 1. The van der Waals surface area contributed by atoms with Gasteiger partial charge >= 0.3 is 0 Å². The van der Waals surface area contributed by atoms with E-state index >= 15 is 0 Å². The maximum atomic E-state index is 4.94. The van der Waals surface area contributed by atoms with E-state index < -0.39 is 0 Å². The first-order valence-electron chi connectivity index (χ1n) is 14.7. The minimum Gasteiger partial charge on any atom is -0.356 e. The Morgan fingerprint density at radius 3 is 2.73 bits per heavy atom. The van der Waals surface area contributed by atoms with Gasteiger partial charge in [-0.1, -0.05) is 44.0 Å². The molecule has 1 fully saturated rings. The lowest BCUT2D eigenvalue weighted by Crippen LogP contribution is -2.37. The topological polar surface area (TPSA) is 82.1 Å². The first kappa shape index (κ1) is 26.2. The maximum absolute atomic E-state index is 4.94. The molecule has 1 aromatic carbocycles. The molecule has 7 heteroatoms. The summed E-state index contributed by atoms with van der Waals surface area (Å²) in [4.78, 5) is 24.3. The van der Waals surface area contributed by atoms with Crippen LogP contribution in [-0.4, -0.2) is 45.3 Å². The van der Waals surface area contributed by atoms with Gasteiger partial charge in [0, 0.05) is 48.3 Å². The SMILES string of the molecule is CCCC(CC1C=C(c2ccnc3[nH]ccc23)C=N1)C1CCN(c2ncnc(Nc3ccccc3C)c2C)CC1. The van der Waals surface area contributed by atoms with E-state index in [1.165, 1.54) is 42.4 Å². The summed E-state index contributed by atoms with van der Waals surface area (Å²) in [5, 5.41) is 4.69. The summed E-state index contributed by atoms with van der Waals surface area (Å²) in [6.07, 6.45) is 15.9. The number of allylic oxidation sites excluding steroid dienone is 1. The molecular weight excluding hydrogens is 494 g/mol. The number of anilines is 3. The Kier molecular flexibility index (Phi) is 7.62. The number of benzene rings is 1. The van der Waals surface area contributed by atoms with Crippen molar-refractivity contribution in [2.75, 3.05) is 23.3 Å². The number of piperidine rings is 1. The van der Waals surface area contributed by atoms with Crippen molar-refractivity contribution in [1.29, 1.82) is 0 Å². The van der Waals surface area contributed by atoms with Crippen LogP contribution in [0.25, 0.3) is 16.6 Å². The molecule has 40 heavy (non-hydrogen) atoms. The molecule has 1 saturated heterocycles. The lowest BCUT2D eigenvalue weighted by Gasteiger charge is -2.37. The predicted octanol–water partition coefficient (Wildman–Crippen LogP) is 7.27. The Morgan fingerprint density at radius 2 is 1.90 bits per heavy atom. The highest BCUT2D eigenvalue weighted by Gasteiger charge is 2.30. The van der Waals surface area contributed by atoms with Gasteiger partial charge in [-0.25, -0.2) is 15.0 Å². The van der Waals surface area contributed by atoms with Crippen LogP contribution in [0.3, 0.4) is 0 Å². The van der Waals surface area contributed by atoms with Crippen LogP contribution in [0.5, 0.6) is 0 Å². The Balaban J connectivity index is 1.11.